The van der Waals surface area contributed by atoms with E-state index in [1.54, 1.807) is 18.2 Å². The molecule has 0 saturated heterocycles. The van der Waals surface area contributed by atoms with E-state index in [4.69, 9.17) is 23.2 Å². The number of fused-ring (bicyclic) bond motifs is 1. The van der Waals surface area contributed by atoms with Gasteiger partial charge in [-0.1, -0.05) is 35.3 Å². The van der Waals surface area contributed by atoms with Crippen LogP contribution in [0, 0.1) is 10.1 Å². The molecule has 1 aliphatic rings. The Labute approximate surface area is 141 Å². The van der Waals surface area contributed by atoms with Gasteiger partial charge in [0.15, 0.2) is 0 Å². The molecule has 1 N–H and O–H groups in total. The third kappa shape index (κ3) is 3.30. The summed E-state index contributed by atoms with van der Waals surface area (Å²) in [5.74, 6) is 0. The van der Waals surface area contributed by atoms with Crippen molar-refractivity contribution in [3.63, 3.8) is 0 Å². The molecule has 0 radical (unpaired) electrons. The second-order valence-electron chi connectivity index (χ2n) is 4.76. The molecule has 0 amide bonds. The first-order chi connectivity index (χ1) is 10.5. The van der Waals surface area contributed by atoms with Crippen LogP contribution in [0.15, 0.2) is 41.3 Å². The second kappa shape index (κ2) is 6.34. The number of non-ortho nitro benzene ring substituents is 1. The average Bonchev–Trinajstić information content (AvgIpc) is 2.48. The molecule has 0 spiro atoms. The van der Waals surface area contributed by atoms with Gasteiger partial charge in [0.2, 0.25) is 0 Å². The van der Waals surface area contributed by atoms with Gasteiger partial charge >= 0.3 is 0 Å². The standard InChI is InChI=1S/C14H11Cl2N3O2S/c15-10-5-12(16)14-13(6-10)17-8-18(22-14)7-9-2-1-3-11(4-9)19(20)21/h1-6,17H,7-8H2. The van der Waals surface area contributed by atoms with Crippen molar-refractivity contribution in [2.24, 2.45) is 0 Å². The number of halogens is 2. The van der Waals surface area contributed by atoms with Crippen LogP contribution in [0.1, 0.15) is 5.56 Å². The van der Waals surface area contributed by atoms with Gasteiger partial charge in [0, 0.05) is 23.7 Å². The van der Waals surface area contributed by atoms with Crippen LogP contribution in [0.3, 0.4) is 0 Å². The monoisotopic (exact) mass is 355 g/mol. The van der Waals surface area contributed by atoms with Crippen molar-refractivity contribution in [3.8, 4) is 0 Å². The summed E-state index contributed by atoms with van der Waals surface area (Å²) in [5.41, 5.74) is 1.87. The number of nitro benzene ring substituents is 1. The van der Waals surface area contributed by atoms with Gasteiger partial charge in [-0.15, -0.1) is 0 Å². The van der Waals surface area contributed by atoms with Gasteiger partial charge in [0.1, 0.15) is 0 Å². The number of benzene rings is 2. The Kier molecular flexibility index (Phi) is 4.44. The third-order valence-electron chi connectivity index (χ3n) is 3.15. The maximum Gasteiger partial charge on any atom is 0.269 e. The highest BCUT2D eigenvalue weighted by atomic mass is 35.5. The fourth-order valence-corrected chi connectivity index (χ4v) is 3.75. The van der Waals surface area contributed by atoms with Crippen molar-refractivity contribution in [2.75, 3.05) is 12.0 Å². The molecule has 0 unspecified atom stereocenters. The van der Waals surface area contributed by atoms with Crippen LogP contribution < -0.4 is 5.32 Å². The molecule has 5 nitrogen and oxygen atoms in total. The van der Waals surface area contributed by atoms with E-state index in [0.29, 0.717) is 23.3 Å². The lowest BCUT2D eigenvalue weighted by molar-refractivity contribution is -0.384. The van der Waals surface area contributed by atoms with Gasteiger partial charge in [0.25, 0.3) is 5.69 Å². The number of rotatable bonds is 3. The molecular formula is C14H11Cl2N3O2S. The maximum atomic E-state index is 10.8. The topological polar surface area (TPSA) is 58.4 Å². The quantitative estimate of drug-likeness (QED) is 0.487. The minimum absolute atomic E-state index is 0.0951. The second-order valence-corrected chi connectivity index (χ2v) is 6.71. The molecule has 2 aromatic rings. The molecule has 1 aliphatic heterocycles. The van der Waals surface area contributed by atoms with E-state index in [2.05, 4.69) is 5.32 Å². The lowest BCUT2D eigenvalue weighted by atomic mass is 10.2. The summed E-state index contributed by atoms with van der Waals surface area (Å²) in [6, 6.07) is 10.2. The molecule has 0 atom stereocenters. The Morgan fingerprint density at radius 3 is 2.91 bits per heavy atom. The molecule has 22 heavy (non-hydrogen) atoms. The van der Waals surface area contributed by atoms with Crippen molar-refractivity contribution in [3.05, 3.63) is 62.1 Å². The van der Waals surface area contributed by atoms with Gasteiger partial charge < -0.3 is 5.32 Å². The first-order valence-electron chi connectivity index (χ1n) is 6.42. The smallest absolute Gasteiger partial charge is 0.269 e. The van der Waals surface area contributed by atoms with Crippen molar-refractivity contribution in [1.82, 2.24) is 4.31 Å². The summed E-state index contributed by atoms with van der Waals surface area (Å²) in [6.07, 6.45) is 0. The molecule has 0 saturated carbocycles. The number of nitro groups is 1. The predicted octanol–water partition coefficient (Wildman–Crippen LogP) is 4.79. The summed E-state index contributed by atoms with van der Waals surface area (Å²) in [5, 5.41) is 15.3. The SMILES string of the molecule is O=[N+]([O-])c1cccc(CN2CNc3cc(Cl)cc(Cl)c3S2)c1. The van der Waals surface area contributed by atoms with E-state index in [-0.39, 0.29) is 10.6 Å². The van der Waals surface area contributed by atoms with Gasteiger partial charge in [-0.05, 0) is 29.6 Å². The molecule has 1 heterocycles. The van der Waals surface area contributed by atoms with Crippen molar-refractivity contribution >= 4 is 46.5 Å². The van der Waals surface area contributed by atoms with E-state index < -0.39 is 0 Å². The Bertz CT molecular complexity index is 742. The zero-order chi connectivity index (χ0) is 15.7. The summed E-state index contributed by atoms with van der Waals surface area (Å²) >= 11 is 13.7. The van der Waals surface area contributed by atoms with Gasteiger partial charge in [-0.25, -0.2) is 4.31 Å². The molecule has 0 aromatic heterocycles. The maximum absolute atomic E-state index is 10.8. The van der Waals surface area contributed by atoms with Crippen LogP contribution in [-0.4, -0.2) is 15.9 Å². The van der Waals surface area contributed by atoms with E-state index in [1.807, 2.05) is 16.4 Å². The van der Waals surface area contributed by atoms with Crippen LogP contribution >= 0.6 is 35.1 Å². The largest absolute Gasteiger partial charge is 0.370 e. The zero-order valence-corrected chi connectivity index (χ0v) is 13.6. The van der Waals surface area contributed by atoms with E-state index in [1.165, 1.54) is 18.0 Å². The molecule has 3 rings (SSSR count). The number of nitrogens with zero attached hydrogens (tertiary/aromatic N) is 2. The van der Waals surface area contributed by atoms with Crippen LogP contribution in [0.25, 0.3) is 0 Å². The molecular weight excluding hydrogens is 345 g/mol. The summed E-state index contributed by atoms with van der Waals surface area (Å²) in [6.45, 7) is 1.16. The van der Waals surface area contributed by atoms with Crippen LogP contribution in [0.5, 0.6) is 0 Å². The Morgan fingerprint density at radius 2 is 2.14 bits per heavy atom. The number of hydrogen-bond donors (Lipinski definition) is 1. The summed E-state index contributed by atoms with van der Waals surface area (Å²) in [4.78, 5) is 11.3. The van der Waals surface area contributed by atoms with Gasteiger partial charge in [-0.2, -0.15) is 0 Å². The zero-order valence-electron chi connectivity index (χ0n) is 11.3. The van der Waals surface area contributed by atoms with Crippen LogP contribution in [0.4, 0.5) is 11.4 Å². The molecule has 0 bridgehead atoms. The highest BCUT2D eigenvalue weighted by Gasteiger charge is 2.20. The fourth-order valence-electron chi connectivity index (χ4n) is 2.18. The van der Waals surface area contributed by atoms with E-state index in [0.717, 1.165) is 16.1 Å². The molecule has 8 heteroatoms. The Morgan fingerprint density at radius 1 is 1.32 bits per heavy atom. The first-order valence-corrected chi connectivity index (χ1v) is 7.95. The van der Waals surface area contributed by atoms with E-state index in [9.17, 15) is 10.1 Å². The van der Waals surface area contributed by atoms with E-state index >= 15 is 0 Å². The Balaban J connectivity index is 1.78. The van der Waals surface area contributed by atoms with Crippen molar-refractivity contribution in [1.29, 1.82) is 0 Å². The lowest BCUT2D eigenvalue weighted by Crippen LogP contribution is -2.26. The third-order valence-corrected chi connectivity index (χ3v) is 4.92. The van der Waals surface area contributed by atoms with Crippen LogP contribution in [0.2, 0.25) is 10.0 Å². The van der Waals surface area contributed by atoms with Crippen LogP contribution in [-0.2, 0) is 6.54 Å². The van der Waals surface area contributed by atoms with Crippen molar-refractivity contribution in [2.45, 2.75) is 11.4 Å². The summed E-state index contributed by atoms with van der Waals surface area (Å²) < 4.78 is 2.04. The first kappa shape index (κ1) is 15.4. The lowest BCUT2D eigenvalue weighted by Gasteiger charge is -2.29. The number of nitrogens with one attached hydrogen (secondary N) is 1. The molecule has 114 valence electrons. The molecule has 0 aliphatic carbocycles. The number of hydrogen-bond acceptors (Lipinski definition) is 5. The minimum atomic E-state index is -0.390. The average molecular weight is 356 g/mol. The fraction of sp³-hybridized carbons (Fsp3) is 0.143. The normalized spacial score (nSPS) is 14.3. The molecule has 0 fully saturated rings. The Hall–Kier alpha value is -1.47. The highest BCUT2D eigenvalue weighted by molar-refractivity contribution is 7.97. The van der Waals surface area contributed by atoms with Gasteiger partial charge in [-0.3, -0.25) is 10.1 Å². The highest BCUT2D eigenvalue weighted by Crippen LogP contribution is 2.41. The molecule has 2 aromatic carbocycles. The van der Waals surface area contributed by atoms with Crippen molar-refractivity contribution < 1.29 is 4.92 Å². The number of anilines is 1. The summed E-state index contributed by atoms with van der Waals surface area (Å²) in [7, 11) is 0. The predicted molar refractivity (Wildman–Crippen MR) is 89.4 cm³/mol. The minimum Gasteiger partial charge on any atom is -0.370 e. The van der Waals surface area contributed by atoms with Gasteiger partial charge in [0.05, 0.1) is 27.2 Å².